The lowest BCUT2D eigenvalue weighted by Crippen LogP contribution is -2.03. The Morgan fingerprint density at radius 2 is 1.80 bits per heavy atom. The van der Waals surface area contributed by atoms with Crippen LogP contribution in [0.1, 0.15) is 22.8 Å². The summed E-state index contributed by atoms with van der Waals surface area (Å²) in [6.07, 6.45) is 0. The van der Waals surface area contributed by atoms with Crippen LogP contribution in [0, 0.1) is 10.5 Å². The van der Waals surface area contributed by atoms with Gasteiger partial charge in [-0.15, -0.1) is 0 Å². The number of hydrogen-bond donors (Lipinski definition) is 0. The Bertz CT molecular complexity index is 608. The van der Waals surface area contributed by atoms with Gasteiger partial charge >= 0.3 is 5.97 Å². The lowest BCUT2D eigenvalue weighted by atomic mass is 10.2. The molecule has 0 radical (unpaired) electrons. The van der Waals surface area contributed by atoms with E-state index in [2.05, 4.69) is 47.7 Å². The molecule has 2 nitrogen and oxygen atoms in total. The molecular formula is C16H15IO2S. The Morgan fingerprint density at radius 1 is 1.15 bits per heavy atom. The zero-order valence-electron chi connectivity index (χ0n) is 11.4. The highest BCUT2D eigenvalue weighted by atomic mass is 127. The van der Waals surface area contributed by atoms with Crippen LogP contribution >= 0.6 is 34.4 Å². The molecule has 0 amide bonds. The van der Waals surface area contributed by atoms with Gasteiger partial charge in [0, 0.05) is 13.4 Å². The number of hydrogen-bond acceptors (Lipinski definition) is 3. The van der Waals surface area contributed by atoms with Crippen LogP contribution in [0.15, 0.2) is 52.3 Å². The van der Waals surface area contributed by atoms with Crippen molar-refractivity contribution in [2.24, 2.45) is 0 Å². The Kier molecular flexibility index (Phi) is 5.48. The van der Waals surface area contributed by atoms with Gasteiger partial charge in [0.25, 0.3) is 0 Å². The molecule has 0 fully saturated rings. The molecule has 0 aliphatic rings. The number of carbonyl (C=O) groups excluding carboxylic acids is 1. The van der Waals surface area contributed by atoms with Crippen molar-refractivity contribution in [2.75, 3.05) is 6.61 Å². The molecule has 0 saturated carbocycles. The first-order chi connectivity index (χ1) is 9.60. The molecule has 0 aliphatic heterocycles. The fourth-order valence-electron chi connectivity index (χ4n) is 1.69. The minimum Gasteiger partial charge on any atom is -0.462 e. The zero-order valence-corrected chi connectivity index (χ0v) is 14.3. The SMILES string of the molecule is CCOC(=O)c1ccc(Sc2ccc(I)c(C)c2)cc1. The molecule has 20 heavy (non-hydrogen) atoms. The third kappa shape index (κ3) is 3.99. The Morgan fingerprint density at radius 3 is 2.40 bits per heavy atom. The summed E-state index contributed by atoms with van der Waals surface area (Å²) in [5.74, 6) is -0.269. The third-order valence-corrected chi connectivity index (χ3v) is 4.94. The van der Waals surface area contributed by atoms with E-state index in [-0.39, 0.29) is 5.97 Å². The van der Waals surface area contributed by atoms with E-state index in [1.165, 1.54) is 14.0 Å². The van der Waals surface area contributed by atoms with E-state index in [4.69, 9.17) is 4.74 Å². The number of ether oxygens (including phenoxy) is 1. The molecule has 0 bridgehead atoms. The molecule has 0 atom stereocenters. The summed E-state index contributed by atoms with van der Waals surface area (Å²) in [6.45, 7) is 4.31. The fraction of sp³-hybridized carbons (Fsp3) is 0.188. The van der Waals surface area contributed by atoms with E-state index < -0.39 is 0 Å². The summed E-state index contributed by atoms with van der Waals surface area (Å²) in [7, 11) is 0. The Hall–Kier alpha value is -1.01. The number of rotatable bonds is 4. The van der Waals surface area contributed by atoms with Crippen LogP contribution in [0.3, 0.4) is 0 Å². The number of carbonyl (C=O) groups is 1. The molecule has 0 spiro atoms. The molecule has 2 rings (SSSR count). The molecule has 4 heteroatoms. The van der Waals surface area contributed by atoms with Gasteiger partial charge in [-0.25, -0.2) is 4.79 Å². The second-order valence-electron chi connectivity index (χ2n) is 4.26. The number of halogens is 1. The molecule has 0 N–H and O–H groups in total. The molecular weight excluding hydrogens is 383 g/mol. The first-order valence-electron chi connectivity index (χ1n) is 6.31. The maximum Gasteiger partial charge on any atom is 0.338 e. The van der Waals surface area contributed by atoms with E-state index in [9.17, 15) is 4.79 Å². The third-order valence-electron chi connectivity index (χ3n) is 2.73. The van der Waals surface area contributed by atoms with Gasteiger partial charge in [0.2, 0.25) is 0 Å². The van der Waals surface area contributed by atoms with Crippen molar-refractivity contribution in [3.05, 3.63) is 57.2 Å². The van der Waals surface area contributed by atoms with Gasteiger partial charge in [-0.2, -0.15) is 0 Å². The summed E-state index contributed by atoms with van der Waals surface area (Å²) >= 11 is 4.02. The molecule has 0 saturated heterocycles. The monoisotopic (exact) mass is 398 g/mol. The quantitative estimate of drug-likeness (QED) is 0.540. The smallest absolute Gasteiger partial charge is 0.338 e. The first-order valence-corrected chi connectivity index (χ1v) is 8.21. The summed E-state index contributed by atoms with van der Waals surface area (Å²) in [6, 6.07) is 13.9. The van der Waals surface area contributed by atoms with E-state index in [1.54, 1.807) is 30.8 Å². The van der Waals surface area contributed by atoms with Crippen molar-refractivity contribution in [1.29, 1.82) is 0 Å². The van der Waals surface area contributed by atoms with Crippen LogP contribution in [0.4, 0.5) is 0 Å². The predicted molar refractivity (Wildman–Crippen MR) is 90.4 cm³/mol. The maximum absolute atomic E-state index is 11.6. The number of aryl methyl sites for hydroxylation is 1. The number of esters is 1. The fourth-order valence-corrected chi connectivity index (χ4v) is 2.94. The van der Waals surface area contributed by atoms with Gasteiger partial charge < -0.3 is 4.74 Å². The lowest BCUT2D eigenvalue weighted by molar-refractivity contribution is 0.0526. The van der Waals surface area contributed by atoms with Gasteiger partial charge in [0.1, 0.15) is 0 Å². The van der Waals surface area contributed by atoms with E-state index >= 15 is 0 Å². The Balaban J connectivity index is 2.10. The highest BCUT2D eigenvalue weighted by Crippen LogP contribution is 2.29. The van der Waals surface area contributed by atoms with Gasteiger partial charge in [0.05, 0.1) is 12.2 Å². The van der Waals surface area contributed by atoms with E-state index in [0.717, 1.165) is 4.90 Å². The minimum absolute atomic E-state index is 0.269. The van der Waals surface area contributed by atoms with Gasteiger partial charge in [-0.05, 0) is 84.5 Å². The van der Waals surface area contributed by atoms with Crippen molar-refractivity contribution >= 4 is 40.3 Å². The summed E-state index contributed by atoms with van der Waals surface area (Å²) in [5.41, 5.74) is 1.87. The number of benzene rings is 2. The second-order valence-corrected chi connectivity index (χ2v) is 6.57. The normalized spacial score (nSPS) is 10.3. The van der Waals surface area contributed by atoms with Crippen LogP contribution in [-0.4, -0.2) is 12.6 Å². The second kappa shape index (κ2) is 7.13. The van der Waals surface area contributed by atoms with Crippen molar-refractivity contribution < 1.29 is 9.53 Å². The van der Waals surface area contributed by atoms with E-state index in [0.29, 0.717) is 12.2 Å². The van der Waals surface area contributed by atoms with Gasteiger partial charge in [-0.1, -0.05) is 11.8 Å². The molecule has 0 heterocycles. The molecule has 104 valence electrons. The zero-order chi connectivity index (χ0) is 14.5. The van der Waals surface area contributed by atoms with Gasteiger partial charge in [0.15, 0.2) is 0 Å². The molecule has 2 aromatic carbocycles. The highest BCUT2D eigenvalue weighted by Gasteiger charge is 2.06. The molecule has 0 aromatic heterocycles. The average molecular weight is 398 g/mol. The molecule has 2 aromatic rings. The van der Waals surface area contributed by atoms with Crippen LogP contribution in [0.25, 0.3) is 0 Å². The summed E-state index contributed by atoms with van der Waals surface area (Å²) < 4.78 is 6.24. The lowest BCUT2D eigenvalue weighted by Gasteiger charge is -2.06. The minimum atomic E-state index is -0.269. The molecule has 0 aliphatic carbocycles. The average Bonchev–Trinajstić information content (AvgIpc) is 2.44. The van der Waals surface area contributed by atoms with E-state index in [1.807, 2.05) is 12.1 Å². The van der Waals surface area contributed by atoms with Crippen LogP contribution < -0.4 is 0 Å². The van der Waals surface area contributed by atoms with Crippen LogP contribution in [0.2, 0.25) is 0 Å². The summed E-state index contributed by atoms with van der Waals surface area (Å²) in [5, 5.41) is 0. The molecule has 0 unspecified atom stereocenters. The standard InChI is InChI=1S/C16H15IO2S/c1-3-19-16(18)12-4-6-13(7-5-12)20-14-8-9-15(17)11(2)10-14/h4-10H,3H2,1-2H3. The Labute approximate surface area is 137 Å². The largest absolute Gasteiger partial charge is 0.462 e. The van der Waals surface area contributed by atoms with Crippen LogP contribution in [-0.2, 0) is 4.74 Å². The van der Waals surface area contributed by atoms with Crippen molar-refractivity contribution in [1.82, 2.24) is 0 Å². The van der Waals surface area contributed by atoms with Crippen molar-refractivity contribution in [3.63, 3.8) is 0 Å². The van der Waals surface area contributed by atoms with Crippen molar-refractivity contribution in [3.8, 4) is 0 Å². The van der Waals surface area contributed by atoms with Gasteiger partial charge in [-0.3, -0.25) is 0 Å². The predicted octanol–water partition coefficient (Wildman–Crippen LogP) is 4.93. The van der Waals surface area contributed by atoms with Crippen molar-refractivity contribution in [2.45, 2.75) is 23.6 Å². The topological polar surface area (TPSA) is 26.3 Å². The maximum atomic E-state index is 11.6. The van der Waals surface area contributed by atoms with Crippen LogP contribution in [0.5, 0.6) is 0 Å². The first kappa shape index (κ1) is 15.4. The highest BCUT2D eigenvalue weighted by molar-refractivity contribution is 14.1. The summed E-state index contributed by atoms with van der Waals surface area (Å²) in [4.78, 5) is 13.9.